The average molecular weight is 198 g/mol. The van der Waals surface area contributed by atoms with Gasteiger partial charge in [-0.1, -0.05) is 20.8 Å². The first-order valence-electron chi connectivity index (χ1n) is 5.41. The quantitative estimate of drug-likeness (QED) is 0.717. The number of hydrogen-bond acceptors (Lipinski definition) is 2. The summed E-state index contributed by atoms with van der Waals surface area (Å²) in [7, 11) is 0. The predicted octanol–water partition coefficient (Wildman–Crippen LogP) is 1.28. The van der Waals surface area contributed by atoms with Crippen molar-refractivity contribution in [3.05, 3.63) is 0 Å². The molecular weight excluding hydrogens is 176 g/mol. The van der Waals surface area contributed by atoms with Crippen LogP contribution in [-0.2, 0) is 4.79 Å². The summed E-state index contributed by atoms with van der Waals surface area (Å²) >= 11 is 0. The highest BCUT2D eigenvalue weighted by atomic mass is 16.1. The monoisotopic (exact) mass is 198 g/mol. The smallest absolute Gasteiger partial charge is 0.221 e. The fourth-order valence-electron chi connectivity index (χ4n) is 1.86. The second kappa shape index (κ2) is 4.30. The van der Waals surface area contributed by atoms with Crippen molar-refractivity contribution in [2.24, 2.45) is 17.1 Å². The lowest BCUT2D eigenvalue weighted by Crippen LogP contribution is -2.25. The fourth-order valence-corrected chi connectivity index (χ4v) is 1.86. The van der Waals surface area contributed by atoms with Crippen molar-refractivity contribution < 1.29 is 4.79 Å². The van der Waals surface area contributed by atoms with Crippen LogP contribution in [0, 0.1) is 11.3 Å². The van der Waals surface area contributed by atoms with Crippen molar-refractivity contribution in [1.29, 1.82) is 0 Å². The van der Waals surface area contributed by atoms with Crippen molar-refractivity contribution in [3.8, 4) is 0 Å². The summed E-state index contributed by atoms with van der Waals surface area (Å²) < 4.78 is 0. The minimum atomic E-state index is -0.157. The van der Waals surface area contributed by atoms with Crippen LogP contribution in [0.2, 0.25) is 0 Å². The molecule has 82 valence electrons. The first-order valence-corrected chi connectivity index (χ1v) is 5.41. The second-order valence-corrected chi connectivity index (χ2v) is 5.54. The van der Waals surface area contributed by atoms with E-state index in [1.54, 1.807) is 0 Å². The molecule has 2 atom stereocenters. The van der Waals surface area contributed by atoms with Crippen LogP contribution >= 0.6 is 0 Å². The standard InChI is InChI=1S/C11H22N2O/c1-11(2,3)5-4-9-6-8(7-13-9)10(12)14/h8-9,13H,4-7H2,1-3H3,(H2,12,14). The van der Waals surface area contributed by atoms with Crippen LogP contribution in [0.3, 0.4) is 0 Å². The van der Waals surface area contributed by atoms with E-state index >= 15 is 0 Å². The number of nitrogens with one attached hydrogen (secondary N) is 1. The number of carbonyl (C=O) groups excluding carboxylic acids is 1. The highest BCUT2D eigenvalue weighted by Crippen LogP contribution is 2.25. The highest BCUT2D eigenvalue weighted by Gasteiger charge is 2.28. The Morgan fingerprint density at radius 1 is 1.50 bits per heavy atom. The molecule has 0 aromatic carbocycles. The van der Waals surface area contributed by atoms with Crippen LogP contribution in [-0.4, -0.2) is 18.5 Å². The molecule has 0 bridgehead atoms. The molecule has 1 rings (SSSR count). The van der Waals surface area contributed by atoms with Gasteiger partial charge in [-0.3, -0.25) is 4.79 Å². The Morgan fingerprint density at radius 3 is 2.57 bits per heavy atom. The Bertz CT molecular complexity index is 208. The lowest BCUT2D eigenvalue weighted by atomic mass is 9.88. The van der Waals surface area contributed by atoms with Gasteiger partial charge < -0.3 is 11.1 Å². The summed E-state index contributed by atoms with van der Waals surface area (Å²) in [5.41, 5.74) is 5.64. The minimum absolute atomic E-state index is 0.0555. The number of amides is 1. The third-order valence-electron chi connectivity index (χ3n) is 2.87. The molecule has 1 aliphatic heterocycles. The summed E-state index contributed by atoms with van der Waals surface area (Å²) in [6, 6.07) is 0.492. The number of hydrogen-bond donors (Lipinski definition) is 2. The Labute approximate surface area is 86.4 Å². The van der Waals surface area contributed by atoms with Crippen LogP contribution in [0.25, 0.3) is 0 Å². The molecule has 3 N–H and O–H groups in total. The van der Waals surface area contributed by atoms with Gasteiger partial charge in [-0.15, -0.1) is 0 Å². The maximum absolute atomic E-state index is 10.9. The topological polar surface area (TPSA) is 55.1 Å². The molecule has 1 amide bonds. The third kappa shape index (κ3) is 3.66. The number of rotatable bonds is 3. The van der Waals surface area contributed by atoms with Crippen LogP contribution in [0.15, 0.2) is 0 Å². The second-order valence-electron chi connectivity index (χ2n) is 5.54. The molecule has 2 unspecified atom stereocenters. The van der Waals surface area contributed by atoms with Gasteiger partial charge in [-0.05, 0) is 24.7 Å². The lowest BCUT2D eigenvalue weighted by molar-refractivity contribution is -0.121. The molecule has 0 spiro atoms. The van der Waals surface area contributed by atoms with Crippen LogP contribution < -0.4 is 11.1 Å². The van der Waals surface area contributed by atoms with Gasteiger partial charge in [0.25, 0.3) is 0 Å². The molecule has 1 fully saturated rings. The van der Waals surface area contributed by atoms with Gasteiger partial charge in [0.05, 0.1) is 5.92 Å². The van der Waals surface area contributed by atoms with E-state index in [1.165, 1.54) is 6.42 Å². The Morgan fingerprint density at radius 2 is 2.14 bits per heavy atom. The number of primary amides is 1. The largest absolute Gasteiger partial charge is 0.369 e. The normalized spacial score (nSPS) is 27.9. The molecular formula is C11H22N2O. The molecule has 3 nitrogen and oxygen atoms in total. The summed E-state index contributed by atoms with van der Waals surface area (Å²) in [5, 5.41) is 3.36. The zero-order valence-corrected chi connectivity index (χ0v) is 9.47. The van der Waals surface area contributed by atoms with E-state index in [1.807, 2.05) is 0 Å². The first kappa shape index (κ1) is 11.5. The molecule has 0 aromatic heterocycles. The van der Waals surface area contributed by atoms with Gasteiger partial charge in [0.1, 0.15) is 0 Å². The molecule has 0 radical (unpaired) electrons. The predicted molar refractivity (Wildman–Crippen MR) is 57.8 cm³/mol. The van der Waals surface area contributed by atoms with E-state index in [0.717, 1.165) is 19.4 Å². The first-order chi connectivity index (χ1) is 6.38. The molecule has 0 aliphatic carbocycles. The van der Waals surface area contributed by atoms with Gasteiger partial charge >= 0.3 is 0 Å². The van der Waals surface area contributed by atoms with Gasteiger partial charge in [0.2, 0.25) is 5.91 Å². The van der Waals surface area contributed by atoms with Gasteiger partial charge in [0, 0.05) is 12.6 Å². The lowest BCUT2D eigenvalue weighted by Gasteiger charge is -2.20. The molecule has 0 aromatic rings. The van der Waals surface area contributed by atoms with Crippen molar-refractivity contribution in [1.82, 2.24) is 5.32 Å². The molecule has 1 aliphatic rings. The molecule has 1 saturated heterocycles. The van der Waals surface area contributed by atoms with Crippen molar-refractivity contribution in [3.63, 3.8) is 0 Å². The van der Waals surface area contributed by atoms with Crippen molar-refractivity contribution >= 4 is 5.91 Å². The zero-order valence-electron chi connectivity index (χ0n) is 9.47. The van der Waals surface area contributed by atoms with Gasteiger partial charge in [0.15, 0.2) is 0 Å². The third-order valence-corrected chi connectivity index (χ3v) is 2.87. The maximum Gasteiger partial charge on any atom is 0.221 e. The van der Waals surface area contributed by atoms with Crippen LogP contribution in [0.1, 0.15) is 40.0 Å². The summed E-state index contributed by atoms with van der Waals surface area (Å²) in [4.78, 5) is 10.9. The Hall–Kier alpha value is -0.570. The van der Waals surface area contributed by atoms with E-state index in [-0.39, 0.29) is 11.8 Å². The van der Waals surface area contributed by atoms with E-state index in [2.05, 4.69) is 26.1 Å². The average Bonchev–Trinajstić information content (AvgIpc) is 2.47. The minimum Gasteiger partial charge on any atom is -0.369 e. The zero-order chi connectivity index (χ0) is 10.8. The highest BCUT2D eigenvalue weighted by molar-refractivity contribution is 5.77. The molecule has 0 saturated carbocycles. The van der Waals surface area contributed by atoms with E-state index in [0.29, 0.717) is 11.5 Å². The molecule has 14 heavy (non-hydrogen) atoms. The molecule has 1 heterocycles. The number of nitrogens with two attached hydrogens (primary N) is 1. The Balaban J connectivity index is 2.26. The summed E-state index contributed by atoms with van der Waals surface area (Å²) in [5.74, 6) is -0.101. The molecule has 3 heteroatoms. The van der Waals surface area contributed by atoms with E-state index < -0.39 is 0 Å². The van der Waals surface area contributed by atoms with Crippen LogP contribution in [0.5, 0.6) is 0 Å². The van der Waals surface area contributed by atoms with Gasteiger partial charge in [-0.25, -0.2) is 0 Å². The van der Waals surface area contributed by atoms with Crippen LogP contribution in [0.4, 0.5) is 0 Å². The Kier molecular flexibility index (Phi) is 3.53. The summed E-state index contributed by atoms with van der Waals surface area (Å²) in [6.07, 6.45) is 3.26. The van der Waals surface area contributed by atoms with E-state index in [4.69, 9.17) is 5.73 Å². The number of carbonyl (C=O) groups is 1. The summed E-state index contributed by atoms with van der Waals surface area (Å²) in [6.45, 7) is 7.50. The fraction of sp³-hybridized carbons (Fsp3) is 0.909. The van der Waals surface area contributed by atoms with Crippen molar-refractivity contribution in [2.45, 2.75) is 46.1 Å². The maximum atomic E-state index is 10.9. The van der Waals surface area contributed by atoms with Crippen molar-refractivity contribution in [2.75, 3.05) is 6.54 Å². The van der Waals surface area contributed by atoms with E-state index in [9.17, 15) is 4.79 Å². The SMILES string of the molecule is CC(C)(C)CCC1CC(C(N)=O)CN1. The van der Waals surface area contributed by atoms with Gasteiger partial charge in [-0.2, -0.15) is 0 Å².